The van der Waals surface area contributed by atoms with Crippen molar-refractivity contribution in [2.24, 2.45) is 0 Å². The van der Waals surface area contributed by atoms with Crippen LogP contribution in [0.1, 0.15) is 0 Å². The SMILES string of the molecule is CN(C)c1ccc2cc3c(N(C)C)cccc3nc2c1.Cl. The largest absolute Gasteiger partial charge is 0.378 e. The average molecular weight is 302 g/mol. The van der Waals surface area contributed by atoms with E-state index in [4.69, 9.17) is 4.98 Å². The number of benzene rings is 2. The summed E-state index contributed by atoms with van der Waals surface area (Å²) in [7, 11) is 8.22. The summed E-state index contributed by atoms with van der Waals surface area (Å²) in [6.07, 6.45) is 0. The van der Waals surface area contributed by atoms with Gasteiger partial charge in [0, 0.05) is 50.3 Å². The highest BCUT2D eigenvalue weighted by Gasteiger charge is 2.07. The molecular formula is C17H20ClN3. The van der Waals surface area contributed by atoms with Gasteiger partial charge < -0.3 is 9.80 Å². The fraction of sp³-hybridized carbons (Fsp3) is 0.235. The highest BCUT2D eigenvalue weighted by Crippen LogP contribution is 2.29. The van der Waals surface area contributed by atoms with Gasteiger partial charge in [-0.15, -0.1) is 12.4 Å². The Balaban J connectivity index is 0.00000161. The lowest BCUT2D eigenvalue weighted by Gasteiger charge is -2.16. The number of pyridine rings is 1. The van der Waals surface area contributed by atoms with E-state index < -0.39 is 0 Å². The Morgan fingerprint density at radius 1 is 0.810 bits per heavy atom. The molecule has 0 unspecified atom stereocenters. The van der Waals surface area contributed by atoms with E-state index in [0.29, 0.717) is 0 Å². The highest BCUT2D eigenvalue weighted by molar-refractivity contribution is 6.00. The summed E-state index contributed by atoms with van der Waals surface area (Å²) in [6, 6.07) is 14.9. The first-order valence-electron chi connectivity index (χ1n) is 6.74. The molecule has 3 rings (SSSR count). The predicted octanol–water partition coefficient (Wildman–Crippen LogP) is 3.94. The van der Waals surface area contributed by atoms with Gasteiger partial charge in [0.2, 0.25) is 0 Å². The third-order valence-electron chi connectivity index (χ3n) is 3.61. The van der Waals surface area contributed by atoms with Gasteiger partial charge in [0.25, 0.3) is 0 Å². The number of halogens is 1. The maximum absolute atomic E-state index is 4.81. The van der Waals surface area contributed by atoms with Crippen molar-refractivity contribution in [2.75, 3.05) is 38.0 Å². The fourth-order valence-electron chi connectivity index (χ4n) is 2.49. The second kappa shape index (κ2) is 5.78. The molecule has 0 saturated heterocycles. The van der Waals surface area contributed by atoms with Gasteiger partial charge in [-0.1, -0.05) is 12.1 Å². The van der Waals surface area contributed by atoms with E-state index in [1.165, 1.54) is 22.1 Å². The van der Waals surface area contributed by atoms with Crippen molar-refractivity contribution in [3.8, 4) is 0 Å². The molecule has 110 valence electrons. The molecule has 0 aliphatic carbocycles. The van der Waals surface area contributed by atoms with E-state index in [-0.39, 0.29) is 12.4 Å². The molecule has 0 N–H and O–H groups in total. The topological polar surface area (TPSA) is 19.4 Å². The molecule has 1 aromatic heterocycles. The summed E-state index contributed by atoms with van der Waals surface area (Å²) < 4.78 is 0. The van der Waals surface area contributed by atoms with Crippen molar-refractivity contribution in [1.29, 1.82) is 0 Å². The Bertz CT molecular complexity index is 781. The van der Waals surface area contributed by atoms with Crippen LogP contribution in [0.4, 0.5) is 11.4 Å². The Morgan fingerprint density at radius 3 is 2.24 bits per heavy atom. The molecule has 21 heavy (non-hydrogen) atoms. The molecule has 0 fully saturated rings. The van der Waals surface area contributed by atoms with Gasteiger partial charge in [0.1, 0.15) is 0 Å². The normalized spacial score (nSPS) is 10.5. The smallest absolute Gasteiger partial charge is 0.0730 e. The summed E-state index contributed by atoms with van der Waals surface area (Å²) >= 11 is 0. The van der Waals surface area contributed by atoms with Crippen LogP contribution in [0.3, 0.4) is 0 Å². The molecule has 0 radical (unpaired) electrons. The van der Waals surface area contributed by atoms with Gasteiger partial charge in [-0.3, -0.25) is 0 Å². The quantitative estimate of drug-likeness (QED) is 0.668. The highest BCUT2D eigenvalue weighted by atomic mass is 35.5. The van der Waals surface area contributed by atoms with Crippen molar-refractivity contribution < 1.29 is 0 Å². The van der Waals surface area contributed by atoms with Crippen molar-refractivity contribution in [1.82, 2.24) is 4.98 Å². The summed E-state index contributed by atoms with van der Waals surface area (Å²) in [5.74, 6) is 0. The maximum Gasteiger partial charge on any atom is 0.0730 e. The lowest BCUT2D eigenvalue weighted by Crippen LogP contribution is -2.09. The standard InChI is InChI=1S/C17H19N3.ClH/c1-19(2)13-9-8-12-10-14-15(18-16(12)11-13)6-5-7-17(14)20(3)4;/h5-11H,1-4H3;1H. The Morgan fingerprint density at radius 2 is 1.57 bits per heavy atom. The number of hydrogen-bond donors (Lipinski definition) is 0. The van der Waals surface area contributed by atoms with Crippen LogP contribution < -0.4 is 9.80 Å². The Labute approximate surface area is 131 Å². The van der Waals surface area contributed by atoms with Crippen LogP contribution in [0.15, 0.2) is 42.5 Å². The molecule has 0 spiro atoms. The number of nitrogens with zero attached hydrogens (tertiary/aromatic N) is 3. The molecule has 0 atom stereocenters. The van der Waals surface area contributed by atoms with Gasteiger partial charge >= 0.3 is 0 Å². The minimum atomic E-state index is 0. The lowest BCUT2D eigenvalue weighted by atomic mass is 10.1. The zero-order chi connectivity index (χ0) is 14.3. The minimum absolute atomic E-state index is 0. The van der Waals surface area contributed by atoms with Gasteiger partial charge in [-0.05, 0) is 30.3 Å². The van der Waals surface area contributed by atoms with Crippen LogP contribution in [0.5, 0.6) is 0 Å². The van der Waals surface area contributed by atoms with Crippen LogP contribution in [0.25, 0.3) is 21.8 Å². The molecule has 1 heterocycles. The number of anilines is 2. The summed E-state index contributed by atoms with van der Waals surface area (Å²) in [6.45, 7) is 0. The first-order chi connectivity index (χ1) is 9.56. The van der Waals surface area contributed by atoms with Gasteiger partial charge in [-0.25, -0.2) is 4.98 Å². The first kappa shape index (κ1) is 15.4. The second-order valence-corrected chi connectivity index (χ2v) is 5.50. The summed E-state index contributed by atoms with van der Waals surface area (Å²) in [5.41, 5.74) is 4.46. The predicted molar refractivity (Wildman–Crippen MR) is 95.2 cm³/mol. The zero-order valence-electron chi connectivity index (χ0n) is 12.8. The molecule has 0 aliphatic heterocycles. The van der Waals surface area contributed by atoms with Crippen molar-refractivity contribution >= 4 is 45.6 Å². The van der Waals surface area contributed by atoms with Crippen molar-refractivity contribution in [3.05, 3.63) is 42.5 Å². The third kappa shape index (κ3) is 2.74. The average Bonchev–Trinajstić information content (AvgIpc) is 2.43. The third-order valence-corrected chi connectivity index (χ3v) is 3.61. The van der Waals surface area contributed by atoms with E-state index in [1.807, 2.05) is 14.1 Å². The van der Waals surface area contributed by atoms with E-state index in [0.717, 1.165) is 11.0 Å². The Hall–Kier alpha value is -2.00. The fourth-order valence-corrected chi connectivity index (χ4v) is 2.49. The van der Waals surface area contributed by atoms with Gasteiger partial charge in [0.15, 0.2) is 0 Å². The molecule has 3 aromatic rings. The van der Waals surface area contributed by atoms with Crippen LogP contribution in [0, 0.1) is 0 Å². The number of fused-ring (bicyclic) bond motifs is 2. The zero-order valence-corrected chi connectivity index (χ0v) is 13.6. The van der Waals surface area contributed by atoms with E-state index in [1.54, 1.807) is 0 Å². The first-order valence-corrected chi connectivity index (χ1v) is 6.74. The van der Waals surface area contributed by atoms with Crippen LogP contribution in [-0.4, -0.2) is 33.2 Å². The molecule has 0 amide bonds. The van der Waals surface area contributed by atoms with Crippen LogP contribution in [0.2, 0.25) is 0 Å². The minimum Gasteiger partial charge on any atom is -0.378 e. The maximum atomic E-state index is 4.81. The second-order valence-electron chi connectivity index (χ2n) is 5.50. The molecule has 0 saturated carbocycles. The lowest BCUT2D eigenvalue weighted by molar-refractivity contribution is 1.13. The molecule has 3 nitrogen and oxygen atoms in total. The van der Waals surface area contributed by atoms with Crippen LogP contribution >= 0.6 is 12.4 Å². The summed E-state index contributed by atoms with van der Waals surface area (Å²) in [4.78, 5) is 9.04. The van der Waals surface area contributed by atoms with Gasteiger partial charge in [-0.2, -0.15) is 0 Å². The molecule has 0 bridgehead atoms. The molecule has 4 heteroatoms. The van der Waals surface area contributed by atoms with Crippen LogP contribution in [-0.2, 0) is 0 Å². The molecule has 0 aliphatic rings. The van der Waals surface area contributed by atoms with E-state index in [9.17, 15) is 0 Å². The molecular weight excluding hydrogens is 282 g/mol. The van der Waals surface area contributed by atoms with Gasteiger partial charge in [0.05, 0.1) is 11.0 Å². The number of hydrogen-bond acceptors (Lipinski definition) is 3. The summed E-state index contributed by atoms with van der Waals surface area (Å²) in [5, 5.41) is 2.38. The Kier molecular flexibility index (Phi) is 4.24. The van der Waals surface area contributed by atoms with Crippen molar-refractivity contribution in [2.45, 2.75) is 0 Å². The van der Waals surface area contributed by atoms with E-state index >= 15 is 0 Å². The number of rotatable bonds is 2. The monoisotopic (exact) mass is 301 g/mol. The van der Waals surface area contributed by atoms with E-state index in [2.05, 4.69) is 66.4 Å². The van der Waals surface area contributed by atoms with Crippen molar-refractivity contribution in [3.63, 3.8) is 0 Å². The molecule has 2 aromatic carbocycles. The number of aromatic nitrogens is 1.